The van der Waals surface area contributed by atoms with Gasteiger partial charge in [0.1, 0.15) is 5.58 Å². The summed E-state index contributed by atoms with van der Waals surface area (Å²) in [6, 6.07) is 7.96. The third kappa shape index (κ3) is 1.45. The number of hydrogen-bond donors (Lipinski definition) is 1. The molecule has 0 aliphatic heterocycles. The van der Waals surface area contributed by atoms with Gasteiger partial charge in [-0.2, -0.15) is 0 Å². The van der Waals surface area contributed by atoms with E-state index in [0.717, 1.165) is 16.5 Å². The first-order chi connectivity index (χ1) is 6.31. The maximum Gasteiger partial charge on any atom is 0.134 e. The first kappa shape index (κ1) is 8.32. The molecule has 1 heterocycles. The van der Waals surface area contributed by atoms with Gasteiger partial charge in [-0.15, -0.1) is 0 Å². The van der Waals surface area contributed by atoms with Crippen molar-refractivity contribution in [3.8, 4) is 0 Å². The summed E-state index contributed by atoms with van der Waals surface area (Å²) < 4.78 is 5.27. The lowest BCUT2D eigenvalue weighted by atomic mass is 10.0. The highest BCUT2D eigenvalue weighted by Crippen LogP contribution is 2.21. The van der Waals surface area contributed by atoms with Crippen molar-refractivity contribution >= 4 is 11.0 Å². The Hall–Kier alpha value is -1.28. The minimum Gasteiger partial charge on any atom is -0.464 e. The maximum atomic E-state index is 8.98. The van der Waals surface area contributed by atoms with Gasteiger partial charge in [0.25, 0.3) is 0 Å². The van der Waals surface area contributed by atoms with Crippen molar-refractivity contribution in [2.45, 2.75) is 12.8 Å². The van der Waals surface area contributed by atoms with Crippen LogP contribution in [-0.2, 0) is 0 Å². The molecule has 2 aromatic rings. The molecule has 1 unspecified atom stereocenters. The quantitative estimate of drug-likeness (QED) is 0.762. The van der Waals surface area contributed by atoms with Crippen LogP contribution in [0, 0.1) is 0 Å². The number of fused-ring (bicyclic) bond motifs is 1. The molecule has 0 saturated heterocycles. The van der Waals surface area contributed by atoms with Gasteiger partial charge in [-0.1, -0.05) is 19.1 Å². The Bertz CT molecular complexity index is 403. The first-order valence-electron chi connectivity index (χ1n) is 4.39. The molecule has 68 valence electrons. The molecule has 1 N–H and O–H groups in total. The Labute approximate surface area is 76.8 Å². The minimum atomic E-state index is 0.173. The zero-order chi connectivity index (χ0) is 9.26. The van der Waals surface area contributed by atoms with Crippen LogP contribution in [0.1, 0.15) is 18.4 Å². The van der Waals surface area contributed by atoms with E-state index in [1.807, 2.05) is 31.2 Å². The highest BCUT2D eigenvalue weighted by Gasteiger charge is 2.05. The molecular formula is C11H12O2. The van der Waals surface area contributed by atoms with Crippen molar-refractivity contribution in [1.82, 2.24) is 0 Å². The lowest BCUT2D eigenvalue weighted by Gasteiger charge is -2.06. The van der Waals surface area contributed by atoms with Crippen molar-refractivity contribution in [2.75, 3.05) is 6.61 Å². The number of furan rings is 1. The van der Waals surface area contributed by atoms with E-state index in [1.54, 1.807) is 6.26 Å². The Balaban J connectivity index is 2.48. The Morgan fingerprint density at radius 3 is 3.00 bits per heavy atom. The fourth-order valence-corrected chi connectivity index (χ4v) is 1.38. The fourth-order valence-electron chi connectivity index (χ4n) is 1.38. The number of aliphatic hydroxyl groups is 1. The molecule has 1 aromatic heterocycles. The molecule has 0 saturated carbocycles. The molecule has 13 heavy (non-hydrogen) atoms. The lowest BCUT2D eigenvalue weighted by Crippen LogP contribution is -1.97. The molecule has 0 aliphatic rings. The van der Waals surface area contributed by atoms with Gasteiger partial charge in [0.05, 0.1) is 6.26 Å². The molecule has 1 aromatic carbocycles. The molecule has 2 heteroatoms. The van der Waals surface area contributed by atoms with Crippen LogP contribution in [0.4, 0.5) is 0 Å². The van der Waals surface area contributed by atoms with E-state index in [-0.39, 0.29) is 12.5 Å². The molecule has 2 rings (SSSR count). The zero-order valence-electron chi connectivity index (χ0n) is 7.53. The molecule has 0 spiro atoms. The second-order valence-corrected chi connectivity index (χ2v) is 3.30. The van der Waals surface area contributed by atoms with Crippen molar-refractivity contribution in [2.24, 2.45) is 0 Å². The largest absolute Gasteiger partial charge is 0.464 e. The van der Waals surface area contributed by atoms with Crippen molar-refractivity contribution < 1.29 is 9.52 Å². The monoisotopic (exact) mass is 176 g/mol. The molecular weight excluding hydrogens is 164 g/mol. The summed E-state index contributed by atoms with van der Waals surface area (Å²) in [5, 5.41) is 10.1. The SMILES string of the molecule is CC(CO)c1ccc2ccoc2c1. The normalized spacial score (nSPS) is 13.4. The molecule has 0 fully saturated rings. The molecule has 0 aliphatic carbocycles. The average molecular weight is 176 g/mol. The van der Waals surface area contributed by atoms with Gasteiger partial charge in [-0.3, -0.25) is 0 Å². The molecule has 0 radical (unpaired) electrons. The van der Waals surface area contributed by atoms with Crippen LogP contribution in [0.25, 0.3) is 11.0 Å². The summed E-state index contributed by atoms with van der Waals surface area (Å²) in [5.74, 6) is 0.175. The predicted octanol–water partition coefficient (Wildman–Crippen LogP) is 2.53. The lowest BCUT2D eigenvalue weighted by molar-refractivity contribution is 0.273. The molecule has 2 nitrogen and oxygen atoms in total. The zero-order valence-corrected chi connectivity index (χ0v) is 7.53. The van der Waals surface area contributed by atoms with Crippen LogP contribution in [0.5, 0.6) is 0 Å². The summed E-state index contributed by atoms with van der Waals surface area (Å²) in [6.45, 7) is 2.16. The Kier molecular flexibility index (Phi) is 2.07. The summed E-state index contributed by atoms with van der Waals surface area (Å²) in [5.41, 5.74) is 2.00. The topological polar surface area (TPSA) is 33.4 Å². The van der Waals surface area contributed by atoms with E-state index in [0.29, 0.717) is 0 Å². The van der Waals surface area contributed by atoms with E-state index >= 15 is 0 Å². The number of rotatable bonds is 2. The second-order valence-electron chi connectivity index (χ2n) is 3.30. The van der Waals surface area contributed by atoms with E-state index in [4.69, 9.17) is 9.52 Å². The van der Waals surface area contributed by atoms with Gasteiger partial charge in [0.15, 0.2) is 0 Å². The van der Waals surface area contributed by atoms with Gasteiger partial charge < -0.3 is 9.52 Å². The summed E-state index contributed by atoms with van der Waals surface area (Å²) in [7, 11) is 0. The van der Waals surface area contributed by atoms with Gasteiger partial charge in [-0.05, 0) is 17.7 Å². The maximum absolute atomic E-state index is 8.98. The average Bonchev–Trinajstić information content (AvgIpc) is 2.63. The Morgan fingerprint density at radius 2 is 2.23 bits per heavy atom. The minimum absolute atomic E-state index is 0.173. The third-order valence-corrected chi connectivity index (χ3v) is 2.32. The highest BCUT2D eigenvalue weighted by atomic mass is 16.3. The van der Waals surface area contributed by atoms with Crippen LogP contribution < -0.4 is 0 Å². The third-order valence-electron chi connectivity index (χ3n) is 2.32. The van der Waals surface area contributed by atoms with E-state index in [1.165, 1.54) is 0 Å². The number of hydrogen-bond acceptors (Lipinski definition) is 2. The van der Waals surface area contributed by atoms with Gasteiger partial charge in [0.2, 0.25) is 0 Å². The molecule has 0 bridgehead atoms. The van der Waals surface area contributed by atoms with E-state index in [9.17, 15) is 0 Å². The van der Waals surface area contributed by atoms with E-state index in [2.05, 4.69) is 0 Å². The number of benzene rings is 1. The van der Waals surface area contributed by atoms with E-state index < -0.39 is 0 Å². The Morgan fingerprint density at radius 1 is 1.38 bits per heavy atom. The van der Waals surface area contributed by atoms with Crippen molar-refractivity contribution in [3.63, 3.8) is 0 Å². The van der Waals surface area contributed by atoms with Gasteiger partial charge in [0, 0.05) is 17.9 Å². The summed E-state index contributed by atoms with van der Waals surface area (Å²) in [4.78, 5) is 0. The first-order valence-corrected chi connectivity index (χ1v) is 4.39. The van der Waals surface area contributed by atoms with Gasteiger partial charge >= 0.3 is 0 Å². The second kappa shape index (κ2) is 3.23. The van der Waals surface area contributed by atoms with Crippen molar-refractivity contribution in [3.05, 3.63) is 36.1 Å². The summed E-state index contributed by atoms with van der Waals surface area (Å²) in [6.07, 6.45) is 1.68. The molecule has 1 atom stereocenters. The van der Waals surface area contributed by atoms with Crippen LogP contribution >= 0.6 is 0 Å². The van der Waals surface area contributed by atoms with Gasteiger partial charge in [-0.25, -0.2) is 0 Å². The molecule has 0 amide bonds. The smallest absolute Gasteiger partial charge is 0.134 e. The summed E-state index contributed by atoms with van der Waals surface area (Å²) >= 11 is 0. The van der Waals surface area contributed by atoms with Crippen LogP contribution in [-0.4, -0.2) is 11.7 Å². The van der Waals surface area contributed by atoms with Crippen LogP contribution in [0.15, 0.2) is 34.9 Å². The van der Waals surface area contributed by atoms with Crippen LogP contribution in [0.3, 0.4) is 0 Å². The fraction of sp³-hybridized carbons (Fsp3) is 0.273. The predicted molar refractivity (Wildman–Crippen MR) is 51.7 cm³/mol. The van der Waals surface area contributed by atoms with Crippen LogP contribution in [0.2, 0.25) is 0 Å². The van der Waals surface area contributed by atoms with Crippen molar-refractivity contribution in [1.29, 1.82) is 0 Å². The number of aliphatic hydroxyl groups excluding tert-OH is 1. The standard InChI is InChI=1S/C11H12O2/c1-8(7-12)10-3-2-9-4-5-13-11(9)6-10/h2-6,8,12H,7H2,1H3. The highest BCUT2D eigenvalue weighted by molar-refractivity contribution is 5.77.